The number of benzene rings is 1. The van der Waals surface area contributed by atoms with E-state index >= 15 is 0 Å². The van der Waals surface area contributed by atoms with Gasteiger partial charge in [-0.05, 0) is 25.0 Å². The number of aryl methyl sites for hydroxylation is 1. The van der Waals surface area contributed by atoms with E-state index in [9.17, 15) is 0 Å². The van der Waals surface area contributed by atoms with Crippen molar-refractivity contribution in [3.05, 3.63) is 29.8 Å². The minimum Gasteiger partial charge on any atom is -0.485 e. The number of aliphatic imine (C=N–C) groups is 1. The summed E-state index contributed by atoms with van der Waals surface area (Å²) in [4.78, 5) is 4.35. The van der Waals surface area contributed by atoms with E-state index in [0.29, 0.717) is 6.61 Å². The average Bonchev–Trinajstić information content (AvgIpc) is 2.29. The van der Waals surface area contributed by atoms with Crippen molar-refractivity contribution >= 4 is 5.84 Å². The van der Waals surface area contributed by atoms with Crippen LogP contribution in [0.5, 0.6) is 5.75 Å². The molecule has 1 N–H and O–H groups in total. The van der Waals surface area contributed by atoms with Crippen molar-refractivity contribution in [1.82, 2.24) is 5.32 Å². The first-order valence-electron chi connectivity index (χ1n) is 5.32. The number of hydrogen-bond acceptors (Lipinski definition) is 3. The summed E-state index contributed by atoms with van der Waals surface area (Å²) in [5.74, 6) is 1.90. The molecule has 15 heavy (non-hydrogen) atoms. The molecule has 2 rings (SSSR count). The molecule has 0 fully saturated rings. The van der Waals surface area contributed by atoms with Gasteiger partial charge in [-0.2, -0.15) is 0 Å². The second kappa shape index (κ2) is 4.82. The smallest absolute Gasteiger partial charge is 0.145 e. The van der Waals surface area contributed by atoms with Crippen LogP contribution in [0.2, 0.25) is 0 Å². The third-order valence-electron chi connectivity index (χ3n) is 2.42. The largest absolute Gasteiger partial charge is 0.485 e. The summed E-state index contributed by atoms with van der Waals surface area (Å²) in [6.07, 6.45) is 1.12. The number of para-hydroxylation sites is 1. The van der Waals surface area contributed by atoms with E-state index in [-0.39, 0.29) is 0 Å². The van der Waals surface area contributed by atoms with Crippen LogP contribution in [0.3, 0.4) is 0 Å². The Kier molecular flexibility index (Phi) is 3.22. The lowest BCUT2D eigenvalue weighted by atomic mass is 10.2. The Balaban J connectivity index is 1.93. The fraction of sp³-hybridized carbons (Fsp3) is 0.417. The standard InChI is InChI=1S/C12H16N2O/c1-10-5-2-3-6-11(10)15-9-12-13-7-4-8-14-12/h2-3,5-6H,4,7-9H2,1H3,(H,13,14). The van der Waals surface area contributed by atoms with Crippen LogP contribution >= 0.6 is 0 Å². The lowest BCUT2D eigenvalue weighted by molar-refractivity contribution is 0.367. The molecule has 1 aromatic rings. The van der Waals surface area contributed by atoms with Crippen molar-refractivity contribution in [1.29, 1.82) is 0 Å². The van der Waals surface area contributed by atoms with Crippen molar-refractivity contribution < 1.29 is 4.74 Å². The highest BCUT2D eigenvalue weighted by Gasteiger charge is 2.05. The lowest BCUT2D eigenvalue weighted by Gasteiger charge is -2.15. The molecular formula is C12H16N2O. The summed E-state index contributed by atoms with van der Waals surface area (Å²) in [7, 11) is 0. The molecule has 1 aromatic carbocycles. The van der Waals surface area contributed by atoms with E-state index in [4.69, 9.17) is 4.74 Å². The first kappa shape index (κ1) is 10.0. The molecule has 0 amide bonds. The predicted molar refractivity (Wildman–Crippen MR) is 61.6 cm³/mol. The highest BCUT2D eigenvalue weighted by Crippen LogP contribution is 2.15. The number of amidine groups is 1. The van der Waals surface area contributed by atoms with Gasteiger partial charge in [0, 0.05) is 13.1 Å². The van der Waals surface area contributed by atoms with E-state index in [1.54, 1.807) is 0 Å². The summed E-state index contributed by atoms with van der Waals surface area (Å²) in [6, 6.07) is 8.03. The highest BCUT2D eigenvalue weighted by molar-refractivity contribution is 5.84. The zero-order valence-corrected chi connectivity index (χ0v) is 8.99. The molecule has 80 valence electrons. The van der Waals surface area contributed by atoms with Crippen LogP contribution in [0.1, 0.15) is 12.0 Å². The molecule has 0 saturated carbocycles. The van der Waals surface area contributed by atoms with E-state index in [1.807, 2.05) is 31.2 Å². The van der Waals surface area contributed by atoms with Crippen LogP contribution in [0.4, 0.5) is 0 Å². The summed E-state index contributed by atoms with van der Waals surface area (Å²) >= 11 is 0. The molecule has 0 unspecified atom stereocenters. The number of rotatable bonds is 3. The molecule has 1 aliphatic rings. The van der Waals surface area contributed by atoms with Crippen LogP contribution in [0.15, 0.2) is 29.3 Å². The van der Waals surface area contributed by atoms with Crippen molar-refractivity contribution in [3.8, 4) is 5.75 Å². The molecule has 1 heterocycles. The van der Waals surface area contributed by atoms with Gasteiger partial charge in [-0.1, -0.05) is 18.2 Å². The van der Waals surface area contributed by atoms with Gasteiger partial charge in [0.1, 0.15) is 18.2 Å². The Bertz CT molecular complexity index is 360. The maximum atomic E-state index is 5.68. The zero-order valence-electron chi connectivity index (χ0n) is 8.99. The molecule has 0 saturated heterocycles. The van der Waals surface area contributed by atoms with Gasteiger partial charge in [-0.3, -0.25) is 4.99 Å². The normalized spacial score (nSPS) is 15.4. The molecule has 3 heteroatoms. The Morgan fingerprint density at radius 1 is 1.40 bits per heavy atom. The summed E-state index contributed by atoms with van der Waals surface area (Å²) < 4.78 is 5.68. The summed E-state index contributed by atoms with van der Waals surface area (Å²) in [5, 5.41) is 3.23. The number of nitrogens with zero attached hydrogens (tertiary/aromatic N) is 1. The Hall–Kier alpha value is -1.51. The van der Waals surface area contributed by atoms with E-state index in [1.165, 1.54) is 0 Å². The van der Waals surface area contributed by atoms with Gasteiger partial charge in [0.05, 0.1) is 0 Å². The minimum absolute atomic E-state index is 0.546. The van der Waals surface area contributed by atoms with Gasteiger partial charge in [0.25, 0.3) is 0 Å². The van der Waals surface area contributed by atoms with Crippen molar-refractivity contribution in [3.63, 3.8) is 0 Å². The van der Waals surface area contributed by atoms with E-state index < -0.39 is 0 Å². The maximum absolute atomic E-state index is 5.68. The molecule has 0 radical (unpaired) electrons. The summed E-state index contributed by atoms with van der Waals surface area (Å²) in [6.45, 7) is 4.52. The molecule has 0 atom stereocenters. The molecule has 0 aliphatic carbocycles. The van der Waals surface area contributed by atoms with Gasteiger partial charge >= 0.3 is 0 Å². The lowest BCUT2D eigenvalue weighted by Crippen LogP contribution is -2.33. The molecular weight excluding hydrogens is 188 g/mol. The first-order valence-corrected chi connectivity index (χ1v) is 5.32. The van der Waals surface area contributed by atoms with Crippen LogP contribution in [0, 0.1) is 6.92 Å². The monoisotopic (exact) mass is 204 g/mol. The molecule has 0 bridgehead atoms. The highest BCUT2D eigenvalue weighted by atomic mass is 16.5. The Morgan fingerprint density at radius 2 is 2.27 bits per heavy atom. The number of hydrogen-bond donors (Lipinski definition) is 1. The SMILES string of the molecule is Cc1ccccc1OCC1=NCCCN1. The zero-order chi connectivity index (χ0) is 10.5. The van der Waals surface area contributed by atoms with Crippen molar-refractivity contribution in [2.75, 3.05) is 19.7 Å². The average molecular weight is 204 g/mol. The Labute approximate surface area is 90.2 Å². The van der Waals surface area contributed by atoms with Crippen molar-refractivity contribution in [2.24, 2.45) is 4.99 Å². The van der Waals surface area contributed by atoms with Crippen LogP contribution in [0.25, 0.3) is 0 Å². The third-order valence-corrected chi connectivity index (χ3v) is 2.42. The molecule has 1 aliphatic heterocycles. The quantitative estimate of drug-likeness (QED) is 0.814. The molecule has 0 aromatic heterocycles. The van der Waals surface area contributed by atoms with Crippen molar-refractivity contribution in [2.45, 2.75) is 13.3 Å². The maximum Gasteiger partial charge on any atom is 0.145 e. The Morgan fingerprint density at radius 3 is 3.00 bits per heavy atom. The van der Waals surface area contributed by atoms with Gasteiger partial charge in [0.15, 0.2) is 0 Å². The fourth-order valence-electron chi connectivity index (χ4n) is 1.54. The third kappa shape index (κ3) is 2.72. The molecule has 3 nitrogen and oxygen atoms in total. The predicted octanol–water partition coefficient (Wildman–Crippen LogP) is 1.77. The van der Waals surface area contributed by atoms with Crippen LogP contribution < -0.4 is 10.1 Å². The number of nitrogens with one attached hydrogen (secondary N) is 1. The van der Waals surface area contributed by atoms with Gasteiger partial charge in [-0.15, -0.1) is 0 Å². The van der Waals surface area contributed by atoms with E-state index in [2.05, 4.69) is 10.3 Å². The topological polar surface area (TPSA) is 33.6 Å². The van der Waals surface area contributed by atoms with Gasteiger partial charge in [-0.25, -0.2) is 0 Å². The minimum atomic E-state index is 0.546. The second-order valence-electron chi connectivity index (χ2n) is 3.66. The number of ether oxygens (including phenoxy) is 1. The summed E-state index contributed by atoms with van der Waals surface area (Å²) in [5.41, 5.74) is 1.16. The van der Waals surface area contributed by atoms with E-state index in [0.717, 1.165) is 36.7 Å². The van der Waals surface area contributed by atoms with Gasteiger partial charge < -0.3 is 10.1 Å². The van der Waals surface area contributed by atoms with Gasteiger partial charge in [0.2, 0.25) is 0 Å². The van der Waals surface area contributed by atoms with Crippen LogP contribution in [-0.4, -0.2) is 25.5 Å². The van der Waals surface area contributed by atoms with Crippen LogP contribution in [-0.2, 0) is 0 Å². The fourth-order valence-corrected chi connectivity index (χ4v) is 1.54. The molecule has 0 spiro atoms. The first-order chi connectivity index (χ1) is 7.36. The second-order valence-corrected chi connectivity index (χ2v) is 3.66.